The summed E-state index contributed by atoms with van der Waals surface area (Å²) in [5.41, 5.74) is 1.34. The Labute approximate surface area is 144 Å². The Kier molecular flexibility index (Phi) is 4.50. The third-order valence-corrected chi connectivity index (χ3v) is 4.02. The number of ether oxygens (including phenoxy) is 1. The molecule has 120 valence electrons. The number of halogens is 1. The van der Waals surface area contributed by atoms with Gasteiger partial charge in [-0.05, 0) is 36.8 Å². The molecule has 0 unspecified atom stereocenters. The van der Waals surface area contributed by atoms with Crippen LogP contribution in [0.2, 0.25) is 5.02 Å². The molecule has 1 aliphatic heterocycles. The van der Waals surface area contributed by atoms with E-state index in [2.05, 4.69) is 0 Å². The van der Waals surface area contributed by atoms with E-state index in [0.717, 1.165) is 0 Å². The van der Waals surface area contributed by atoms with Gasteiger partial charge in [0.05, 0.1) is 34.4 Å². The van der Waals surface area contributed by atoms with Crippen LogP contribution in [-0.2, 0) is 0 Å². The van der Waals surface area contributed by atoms with Crippen LogP contribution in [0.4, 0.5) is 0 Å². The Morgan fingerprint density at radius 2 is 1.75 bits per heavy atom. The van der Waals surface area contributed by atoms with Gasteiger partial charge >= 0.3 is 0 Å². The maximum atomic E-state index is 12.2. The average Bonchev–Trinajstić information content (AvgIpc) is 2.84. The van der Waals surface area contributed by atoms with E-state index in [4.69, 9.17) is 21.6 Å². The lowest BCUT2D eigenvalue weighted by atomic mass is 10.1. The topological polar surface area (TPSA) is 70.4 Å². The van der Waals surface area contributed by atoms with Crippen LogP contribution in [0.1, 0.15) is 32.7 Å². The van der Waals surface area contributed by atoms with Crippen LogP contribution in [-0.4, -0.2) is 29.9 Å². The molecular weight excluding hydrogens is 328 g/mol. The fraction of sp³-hybridized carbons (Fsp3) is 0.167. The van der Waals surface area contributed by atoms with E-state index in [1.165, 1.54) is 11.0 Å². The van der Waals surface area contributed by atoms with E-state index in [1.54, 1.807) is 36.4 Å². The minimum Gasteiger partial charge on any atom is -0.492 e. The molecule has 2 amide bonds. The standard InChI is InChI=1S/C18H13ClN2O3/c19-15-10-12(11-20)6-7-16(15)24-9-3-8-21-17(22)13-4-1-2-5-14(13)18(21)23/h1-2,4-7,10H,3,8-9H2. The van der Waals surface area contributed by atoms with Crippen molar-refractivity contribution in [2.45, 2.75) is 6.42 Å². The molecule has 0 N–H and O–H groups in total. The van der Waals surface area contributed by atoms with Crippen molar-refractivity contribution in [1.29, 1.82) is 5.26 Å². The molecule has 0 radical (unpaired) electrons. The molecule has 2 aromatic carbocycles. The van der Waals surface area contributed by atoms with Gasteiger partial charge in [0.2, 0.25) is 0 Å². The number of carbonyl (C=O) groups is 2. The van der Waals surface area contributed by atoms with Crippen LogP contribution in [0.15, 0.2) is 42.5 Å². The van der Waals surface area contributed by atoms with E-state index in [9.17, 15) is 9.59 Å². The summed E-state index contributed by atoms with van der Waals surface area (Å²) in [5.74, 6) is -0.0722. The van der Waals surface area contributed by atoms with Crippen molar-refractivity contribution in [3.8, 4) is 11.8 Å². The molecule has 6 heteroatoms. The normalized spacial score (nSPS) is 12.9. The first kappa shape index (κ1) is 16.0. The van der Waals surface area contributed by atoms with Crippen LogP contribution in [0.25, 0.3) is 0 Å². The molecular formula is C18H13ClN2O3. The van der Waals surface area contributed by atoms with Crippen molar-refractivity contribution in [2.24, 2.45) is 0 Å². The van der Waals surface area contributed by atoms with Crippen molar-refractivity contribution in [3.05, 3.63) is 64.2 Å². The van der Waals surface area contributed by atoms with Crippen molar-refractivity contribution >= 4 is 23.4 Å². The summed E-state index contributed by atoms with van der Waals surface area (Å²) < 4.78 is 5.55. The maximum absolute atomic E-state index is 12.2. The summed E-state index contributed by atoms with van der Waals surface area (Å²) in [4.78, 5) is 25.6. The number of amides is 2. The minimum atomic E-state index is -0.271. The zero-order valence-electron chi connectivity index (χ0n) is 12.7. The van der Waals surface area contributed by atoms with Crippen LogP contribution < -0.4 is 4.74 Å². The molecule has 5 nitrogen and oxygen atoms in total. The molecule has 1 aliphatic rings. The predicted octanol–water partition coefficient (Wildman–Crippen LogP) is 3.28. The lowest BCUT2D eigenvalue weighted by Crippen LogP contribution is -2.31. The summed E-state index contributed by atoms with van der Waals surface area (Å²) in [7, 11) is 0. The molecule has 1 heterocycles. The molecule has 0 fully saturated rings. The van der Waals surface area contributed by atoms with Gasteiger partial charge in [0, 0.05) is 6.54 Å². The van der Waals surface area contributed by atoms with E-state index in [0.29, 0.717) is 40.5 Å². The van der Waals surface area contributed by atoms with Gasteiger partial charge in [0.1, 0.15) is 5.75 Å². The van der Waals surface area contributed by atoms with Gasteiger partial charge in [0.15, 0.2) is 0 Å². The maximum Gasteiger partial charge on any atom is 0.261 e. The number of hydrogen-bond acceptors (Lipinski definition) is 4. The highest BCUT2D eigenvalue weighted by Crippen LogP contribution is 2.26. The summed E-state index contributed by atoms with van der Waals surface area (Å²) >= 11 is 6.03. The summed E-state index contributed by atoms with van der Waals surface area (Å²) in [6.45, 7) is 0.583. The summed E-state index contributed by atoms with van der Waals surface area (Å²) in [5, 5.41) is 9.15. The van der Waals surface area contributed by atoms with Crippen LogP contribution >= 0.6 is 11.6 Å². The minimum absolute atomic E-state index is 0.271. The number of benzene rings is 2. The molecule has 0 bridgehead atoms. The zero-order chi connectivity index (χ0) is 17.1. The molecule has 0 saturated carbocycles. The van der Waals surface area contributed by atoms with Gasteiger partial charge in [-0.2, -0.15) is 5.26 Å². The number of carbonyl (C=O) groups excluding carboxylic acids is 2. The monoisotopic (exact) mass is 340 g/mol. The van der Waals surface area contributed by atoms with Crippen LogP contribution in [0.5, 0.6) is 5.75 Å². The Morgan fingerprint density at radius 1 is 1.08 bits per heavy atom. The summed E-state index contributed by atoms with van der Waals surface area (Å²) in [6.07, 6.45) is 0.488. The quantitative estimate of drug-likeness (QED) is 0.618. The van der Waals surface area contributed by atoms with E-state index in [-0.39, 0.29) is 18.4 Å². The molecule has 0 saturated heterocycles. The highest BCUT2D eigenvalue weighted by atomic mass is 35.5. The van der Waals surface area contributed by atoms with Crippen LogP contribution in [0.3, 0.4) is 0 Å². The largest absolute Gasteiger partial charge is 0.492 e. The van der Waals surface area contributed by atoms with Crippen molar-refractivity contribution in [1.82, 2.24) is 4.90 Å². The first-order chi connectivity index (χ1) is 11.6. The zero-order valence-corrected chi connectivity index (χ0v) is 13.4. The van der Waals surface area contributed by atoms with Gasteiger partial charge in [-0.15, -0.1) is 0 Å². The predicted molar refractivity (Wildman–Crippen MR) is 88.1 cm³/mol. The van der Waals surface area contributed by atoms with Crippen molar-refractivity contribution in [3.63, 3.8) is 0 Å². The SMILES string of the molecule is N#Cc1ccc(OCCCN2C(=O)c3ccccc3C2=O)c(Cl)c1. The summed E-state index contributed by atoms with van der Waals surface area (Å²) in [6, 6.07) is 13.6. The highest BCUT2D eigenvalue weighted by Gasteiger charge is 2.34. The molecule has 3 rings (SSSR count). The number of rotatable bonds is 5. The highest BCUT2D eigenvalue weighted by molar-refractivity contribution is 6.32. The van der Waals surface area contributed by atoms with Gasteiger partial charge in [-0.3, -0.25) is 14.5 Å². The number of fused-ring (bicyclic) bond motifs is 1. The van der Waals surface area contributed by atoms with E-state index in [1.807, 2.05) is 6.07 Å². The first-order valence-electron chi connectivity index (χ1n) is 7.39. The Balaban J connectivity index is 1.56. The Hall–Kier alpha value is -2.84. The second-order valence-electron chi connectivity index (χ2n) is 5.27. The molecule has 0 spiro atoms. The fourth-order valence-corrected chi connectivity index (χ4v) is 2.77. The van der Waals surface area contributed by atoms with Crippen molar-refractivity contribution < 1.29 is 14.3 Å². The van der Waals surface area contributed by atoms with E-state index < -0.39 is 0 Å². The Morgan fingerprint density at radius 3 is 2.33 bits per heavy atom. The van der Waals surface area contributed by atoms with E-state index >= 15 is 0 Å². The van der Waals surface area contributed by atoms with Gasteiger partial charge in [0.25, 0.3) is 11.8 Å². The molecule has 24 heavy (non-hydrogen) atoms. The third kappa shape index (κ3) is 2.97. The van der Waals surface area contributed by atoms with Gasteiger partial charge in [-0.25, -0.2) is 0 Å². The average molecular weight is 341 g/mol. The Bertz CT molecular complexity index is 823. The fourth-order valence-electron chi connectivity index (χ4n) is 2.53. The smallest absolute Gasteiger partial charge is 0.261 e. The second kappa shape index (κ2) is 6.73. The number of hydrogen-bond donors (Lipinski definition) is 0. The lowest BCUT2D eigenvalue weighted by molar-refractivity contribution is 0.0647. The molecule has 2 aromatic rings. The first-order valence-corrected chi connectivity index (χ1v) is 7.77. The molecule has 0 atom stereocenters. The lowest BCUT2D eigenvalue weighted by Gasteiger charge is -2.14. The third-order valence-electron chi connectivity index (χ3n) is 3.72. The van der Waals surface area contributed by atoms with Gasteiger partial charge < -0.3 is 4.74 Å². The van der Waals surface area contributed by atoms with Gasteiger partial charge in [-0.1, -0.05) is 23.7 Å². The van der Waals surface area contributed by atoms with Crippen molar-refractivity contribution in [2.75, 3.05) is 13.2 Å². The molecule has 0 aromatic heterocycles. The number of nitrogens with zero attached hydrogens (tertiary/aromatic N) is 2. The number of imide groups is 1. The number of nitriles is 1. The second-order valence-corrected chi connectivity index (χ2v) is 5.67. The molecule has 0 aliphatic carbocycles. The van der Waals surface area contributed by atoms with Crippen LogP contribution in [0, 0.1) is 11.3 Å².